The van der Waals surface area contributed by atoms with E-state index >= 15 is 0 Å². The van der Waals surface area contributed by atoms with Crippen LogP contribution in [0.3, 0.4) is 0 Å². The first kappa shape index (κ1) is 6.42. The van der Waals surface area contributed by atoms with Crippen molar-refractivity contribution in [2.24, 2.45) is 0 Å². The quantitative estimate of drug-likeness (QED) is 0.601. The first-order chi connectivity index (χ1) is 4.33. The van der Waals surface area contributed by atoms with Crippen molar-refractivity contribution in [3.05, 3.63) is 22.7 Å². The molecule has 1 aromatic rings. The molecule has 0 radical (unpaired) electrons. The lowest BCUT2D eigenvalue weighted by molar-refractivity contribution is 0.992. The lowest BCUT2D eigenvalue weighted by atomic mass is 10.3. The van der Waals surface area contributed by atoms with Gasteiger partial charge in [0.25, 0.3) is 0 Å². The van der Waals surface area contributed by atoms with E-state index in [4.69, 9.17) is 12.2 Å². The standard InChI is InChI=1S/C6H8N2S/c1-2-5-3-6(9)8-4-7-5/h3-4H,2H2,1H3,(H,7,8,9). The molecule has 1 aromatic heterocycles. The van der Waals surface area contributed by atoms with E-state index in [9.17, 15) is 0 Å². The molecule has 0 fully saturated rings. The Morgan fingerprint density at radius 1 is 1.78 bits per heavy atom. The molecule has 0 aliphatic rings. The summed E-state index contributed by atoms with van der Waals surface area (Å²) in [4.78, 5) is 6.83. The Bertz CT molecular complexity index is 241. The maximum Gasteiger partial charge on any atom is 0.129 e. The SMILES string of the molecule is CCc1cc(=S)nc[nH]1. The molecule has 0 spiro atoms. The van der Waals surface area contributed by atoms with Gasteiger partial charge in [0.2, 0.25) is 0 Å². The Labute approximate surface area is 59.0 Å². The summed E-state index contributed by atoms with van der Waals surface area (Å²) in [5.74, 6) is 0. The zero-order valence-corrected chi connectivity index (χ0v) is 6.03. The van der Waals surface area contributed by atoms with Gasteiger partial charge in [-0.2, -0.15) is 0 Å². The molecule has 0 unspecified atom stereocenters. The summed E-state index contributed by atoms with van der Waals surface area (Å²) in [5.41, 5.74) is 1.13. The summed E-state index contributed by atoms with van der Waals surface area (Å²) in [6, 6.07) is 1.87. The predicted molar refractivity (Wildman–Crippen MR) is 38.8 cm³/mol. The van der Waals surface area contributed by atoms with Crippen LogP contribution in [0.2, 0.25) is 0 Å². The van der Waals surface area contributed by atoms with E-state index in [0.29, 0.717) is 4.64 Å². The molecule has 0 aliphatic heterocycles. The molecule has 3 heteroatoms. The van der Waals surface area contributed by atoms with Crippen molar-refractivity contribution in [3.63, 3.8) is 0 Å². The summed E-state index contributed by atoms with van der Waals surface area (Å²) >= 11 is 4.83. The maximum atomic E-state index is 4.83. The number of rotatable bonds is 1. The minimum Gasteiger partial charge on any atom is -0.350 e. The van der Waals surface area contributed by atoms with Gasteiger partial charge in [0, 0.05) is 5.69 Å². The van der Waals surface area contributed by atoms with E-state index in [0.717, 1.165) is 12.1 Å². The Morgan fingerprint density at radius 2 is 2.56 bits per heavy atom. The highest BCUT2D eigenvalue weighted by molar-refractivity contribution is 7.71. The van der Waals surface area contributed by atoms with Crippen molar-refractivity contribution in [2.75, 3.05) is 0 Å². The summed E-state index contributed by atoms with van der Waals surface area (Å²) in [5, 5.41) is 0. The molecule has 0 aliphatic carbocycles. The number of aromatic amines is 1. The second kappa shape index (κ2) is 2.73. The van der Waals surface area contributed by atoms with Crippen molar-refractivity contribution < 1.29 is 0 Å². The Hall–Kier alpha value is -0.700. The minimum atomic E-state index is 0.658. The number of hydrogen-bond acceptors (Lipinski definition) is 2. The Balaban J connectivity index is 3.08. The van der Waals surface area contributed by atoms with Crippen molar-refractivity contribution in [1.29, 1.82) is 0 Å². The Kier molecular flexibility index (Phi) is 1.95. The first-order valence-electron chi connectivity index (χ1n) is 2.86. The number of nitrogens with zero attached hydrogens (tertiary/aromatic N) is 1. The number of aryl methyl sites for hydroxylation is 1. The molecule has 48 valence electrons. The van der Waals surface area contributed by atoms with Crippen LogP contribution in [-0.4, -0.2) is 9.97 Å². The van der Waals surface area contributed by atoms with E-state index in [1.165, 1.54) is 0 Å². The molecule has 1 heterocycles. The van der Waals surface area contributed by atoms with E-state index < -0.39 is 0 Å². The number of hydrogen-bond donors (Lipinski definition) is 1. The molecule has 1 N–H and O–H groups in total. The second-order valence-electron chi connectivity index (χ2n) is 1.76. The highest BCUT2D eigenvalue weighted by Gasteiger charge is 1.84. The van der Waals surface area contributed by atoms with E-state index in [1.54, 1.807) is 6.33 Å². The summed E-state index contributed by atoms with van der Waals surface area (Å²) < 4.78 is 0.658. The van der Waals surface area contributed by atoms with E-state index in [-0.39, 0.29) is 0 Å². The van der Waals surface area contributed by atoms with Crippen molar-refractivity contribution >= 4 is 12.2 Å². The summed E-state index contributed by atoms with van der Waals surface area (Å²) in [6.45, 7) is 2.07. The van der Waals surface area contributed by atoms with E-state index in [1.807, 2.05) is 6.07 Å². The molecule has 0 aromatic carbocycles. The normalized spacial score (nSPS) is 9.44. The summed E-state index contributed by atoms with van der Waals surface area (Å²) in [6.07, 6.45) is 2.60. The molecule has 0 amide bonds. The fourth-order valence-electron chi connectivity index (χ4n) is 0.611. The zero-order valence-electron chi connectivity index (χ0n) is 5.22. The van der Waals surface area contributed by atoms with Gasteiger partial charge in [-0.15, -0.1) is 0 Å². The van der Waals surface area contributed by atoms with E-state index in [2.05, 4.69) is 16.9 Å². The van der Waals surface area contributed by atoms with Crippen molar-refractivity contribution in [1.82, 2.24) is 9.97 Å². The molecule has 0 saturated heterocycles. The van der Waals surface area contributed by atoms with Crippen LogP contribution >= 0.6 is 12.2 Å². The zero-order chi connectivity index (χ0) is 6.69. The third-order valence-corrected chi connectivity index (χ3v) is 1.34. The predicted octanol–water partition coefficient (Wildman–Crippen LogP) is 1.70. The molecular formula is C6H8N2S. The van der Waals surface area contributed by atoms with Crippen LogP contribution < -0.4 is 0 Å². The van der Waals surface area contributed by atoms with Crippen LogP contribution in [-0.2, 0) is 6.42 Å². The third-order valence-electron chi connectivity index (χ3n) is 1.12. The van der Waals surface area contributed by atoms with Gasteiger partial charge < -0.3 is 4.98 Å². The topological polar surface area (TPSA) is 28.7 Å². The highest BCUT2D eigenvalue weighted by Crippen LogP contribution is 1.92. The third kappa shape index (κ3) is 1.61. The average molecular weight is 140 g/mol. The highest BCUT2D eigenvalue weighted by atomic mass is 32.1. The monoisotopic (exact) mass is 140 g/mol. The van der Waals surface area contributed by atoms with Gasteiger partial charge in [-0.05, 0) is 12.5 Å². The molecule has 1 rings (SSSR count). The molecular weight excluding hydrogens is 132 g/mol. The summed E-state index contributed by atoms with van der Waals surface area (Å²) in [7, 11) is 0. The van der Waals surface area contributed by atoms with Crippen LogP contribution in [0.25, 0.3) is 0 Å². The van der Waals surface area contributed by atoms with Crippen molar-refractivity contribution in [2.45, 2.75) is 13.3 Å². The Morgan fingerprint density at radius 3 is 3.00 bits per heavy atom. The van der Waals surface area contributed by atoms with Gasteiger partial charge >= 0.3 is 0 Å². The number of nitrogens with one attached hydrogen (secondary N) is 1. The maximum absolute atomic E-state index is 4.83. The molecule has 0 saturated carbocycles. The van der Waals surface area contributed by atoms with Gasteiger partial charge in [-0.25, -0.2) is 4.98 Å². The van der Waals surface area contributed by atoms with Crippen LogP contribution in [0.4, 0.5) is 0 Å². The fourth-order valence-corrected chi connectivity index (χ4v) is 0.806. The van der Waals surface area contributed by atoms with Crippen LogP contribution in [0, 0.1) is 4.64 Å². The second-order valence-corrected chi connectivity index (χ2v) is 2.18. The molecule has 2 nitrogen and oxygen atoms in total. The number of H-pyrrole nitrogens is 1. The van der Waals surface area contributed by atoms with Crippen LogP contribution in [0.15, 0.2) is 12.4 Å². The van der Waals surface area contributed by atoms with Crippen LogP contribution in [0.5, 0.6) is 0 Å². The number of aromatic nitrogens is 2. The smallest absolute Gasteiger partial charge is 0.129 e. The van der Waals surface area contributed by atoms with Gasteiger partial charge in [-0.3, -0.25) is 0 Å². The minimum absolute atomic E-state index is 0.658. The van der Waals surface area contributed by atoms with Gasteiger partial charge in [0.1, 0.15) is 4.64 Å². The molecule has 0 bridgehead atoms. The first-order valence-corrected chi connectivity index (χ1v) is 3.27. The fraction of sp³-hybridized carbons (Fsp3) is 0.333. The van der Waals surface area contributed by atoms with Crippen LogP contribution in [0.1, 0.15) is 12.6 Å². The lowest BCUT2D eigenvalue weighted by Gasteiger charge is -1.91. The molecule has 9 heavy (non-hydrogen) atoms. The van der Waals surface area contributed by atoms with Gasteiger partial charge in [-0.1, -0.05) is 19.1 Å². The lowest BCUT2D eigenvalue weighted by Crippen LogP contribution is -1.86. The van der Waals surface area contributed by atoms with Gasteiger partial charge in [0.15, 0.2) is 0 Å². The van der Waals surface area contributed by atoms with Crippen molar-refractivity contribution in [3.8, 4) is 0 Å². The average Bonchev–Trinajstić information content (AvgIpc) is 1.88. The molecule has 0 atom stereocenters. The van der Waals surface area contributed by atoms with Gasteiger partial charge in [0.05, 0.1) is 6.33 Å². The largest absolute Gasteiger partial charge is 0.350 e.